The molecule has 0 aliphatic heterocycles. The van der Waals surface area contributed by atoms with E-state index in [0.29, 0.717) is 5.56 Å². The molecule has 1 nitrogen and oxygen atoms in total. The molecule has 0 aliphatic carbocycles. The van der Waals surface area contributed by atoms with Crippen LogP contribution in [0.2, 0.25) is 0 Å². The molecular weight excluding hydrogens is 141 g/mol. The van der Waals surface area contributed by atoms with E-state index in [0.717, 1.165) is 6.07 Å². The maximum absolute atomic E-state index is 12.9. The van der Waals surface area contributed by atoms with Gasteiger partial charge in [-0.2, -0.15) is 0 Å². The van der Waals surface area contributed by atoms with Crippen LogP contribution >= 0.6 is 0 Å². The van der Waals surface area contributed by atoms with Gasteiger partial charge in [-0.3, -0.25) is 0 Å². The van der Waals surface area contributed by atoms with Crippen LogP contribution in [0, 0.1) is 5.82 Å². The Morgan fingerprint density at radius 2 is 2.27 bits per heavy atom. The normalized spacial score (nSPS) is 13.1. The van der Waals surface area contributed by atoms with Crippen LogP contribution in [0.25, 0.3) is 0 Å². The van der Waals surface area contributed by atoms with Crippen molar-refractivity contribution in [1.82, 2.24) is 0 Å². The van der Waals surface area contributed by atoms with Gasteiger partial charge in [0.05, 0.1) is 8.43 Å². The highest BCUT2D eigenvalue weighted by atomic mass is 19.1. The van der Waals surface area contributed by atoms with Crippen LogP contribution in [-0.2, 0) is 0 Å². The van der Waals surface area contributed by atoms with E-state index in [4.69, 9.17) is 8.48 Å². The molecule has 0 bridgehead atoms. The van der Waals surface area contributed by atoms with Crippen molar-refractivity contribution < 1.29 is 7.13 Å². The Kier molecular flexibility index (Phi) is 1.47. The Bertz CT molecular complexity index is 337. The molecule has 1 rings (SSSR count). The molecule has 0 aromatic heterocycles. The fourth-order valence-corrected chi connectivity index (χ4v) is 0.771. The topological polar surface area (TPSA) is 26.0 Å². The lowest BCUT2D eigenvalue weighted by Gasteiger charge is -2.05. The van der Waals surface area contributed by atoms with E-state index < -0.39 is 5.82 Å². The average molecular weight is 157 g/mol. The van der Waals surface area contributed by atoms with Gasteiger partial charge in [0.25, 0.3) is 0 Å². The fraction of sp³-hybridized carbons (Fsp3) is 0.333. The molecule has 2 heteroatoms. The standard InChI is InChI=1S/C9H12FN/c1-6(2)7-3-4-8(10)9(11)5-7/h3-6H,11H2,1-2H3/i3T,5T. The molecule has 11 heavy (non-hydrogen) atoms. The van der Waals surface area contributed by atoms with Crippen molar-refractivity contribution in [3.63, 3.8) is 0 Å². The van der Waals surface area contributed by atoms with Crippen molar-refractivity contribution in [3.8, 4) is 0 Å². The van der Waals surface area contributed by atoms with Gasteiger partial charge in [-0.05, 0) is 23.6 Å². The smallest absolute Gasteiger partial charge is 0.146 e. The second-order valence-corrected chi connectivity index (χ2v) is 2.74. The van der Waals surface area contributed by atoms with Gasteiger partial charge in [-0.1, -0.05) is 19.9 Å². The van der Waals surface area contributed by atoms with Gasteiger partial charge in [0.2, 0.25) is 0 Å². The molecular formula is C9H12FN. The lowest BCUT2D eigenvalue weighted by atomic mass is 10.0. The number of nitrogen functional groups attached to an aromatic ring is 1. The Morgan fingerprint density at radius 3 is 2.82 bits per heavy atom. The molecule has 0 radical (unpaired) electrons. The first-order valence-corrected chi connectivity index (χ1v) is 3.50. The van der Waals surface area contributed by atoms with Crippen LogP contribution in [0.4, 0.5) is 10.1 Å². The predicted octanol–water partition coefficient (Wildman–Crippen LogP) is 2.53. The van der Waals surface area contributed by atoms with Crippen molar-refractivity contribution in [2.75, 3.05) is 5.73 Å². The summed E-state index contributed by atoms with van der Waals surface area (Å²) >= 11 is 0. The zero-order valence-corrected chi connectivity index (χ0v) is 6.61. The number of benzene rings is 1. The van der Waals surface area contributed by atoms with E-state index in [1.54, 1.807) is 0 Å². The van der Waals surface area contributed by atoms with Gasteiger partial charge < -0.3 is 5.73 Å². The maximum Gasteiger partial charge on any atom is 0.146 e. The molecule has 0 saturated carbocycles. The first-order valence-electron chi connectivity index (χ1n) is 4.50. The lowest BCUT2D eigenvalue weighted by molar-refractivity contribution is 0.631. The van der Waals surface area contributed by atoms with Crippen LogP contribution in [0.1, 0.15) is 28.1 Å². The Labute approximate surface area is 68.8 Å². The third-order valence-electron chi connectivity index (χ3n) is 1.46. The molecule has 0 fully saturated rings. The van der Waals surface area contributed by atoms with E-state index in [1.807, 2.05) is 13.8 Å². The molecule has 0 amide bonds. The summed E-state index contributed by atoms with van der Waals surface area (Å²) in [5, 5.41) is 0. The van der Waals surface area contributed by atoms with Crippen LogP contribution in [0.5, 0.6) is 0 Å². The summed E-state index contributed by atoms with van der Waals surface area (Å²) in [6, 6.07) is 1.05. The first kappa shape index (κ1) is 5.58. The highest BCUT2D eigenvalue weighted by Crippen LogP contribution is 2.18. The predicted molar refractivity (Wildman–Crippen MR) is 44.9 cm³/mol. The average Bonchev–Trinajstić information content (AvgIpc) is 1.99. The van der Waals surface area contributed by atoms with E-state index in [9.17, 15) is 4.39 Å². The fourth-order valence-electron chi connectivity index (χ4n) is 0.771. The SMILES string of the molecule is [3H]c1cc(F)c(N)c([3H])c1C(C)C. The summed E-state index contributed by atoms with van der Waals surface area (Å²) in [5.41, 5.74) is 5.68. The highest BCUT2D eigenvalue weighted by molar-refractivity contribution is 5.43. The zero-order valence-electron chi connectivity index (χ0n) is 8.61. The third-order valence-corrected chi connectivity index (χ3v) is 1.46. The minimum atomic E-state index is -0.681. The molecule has 2 N–H and O–H groups in total. The number of rotatable bonds is 1. The maximum atomic E-state index is 12.9. The summed E-state index contributed by atoms with van der Waals surface area (Å²) < 4.78 is 27.9. The van der Waals surface area contributed by atoms with Crippen LogP contribution < -0.4 is 5.73 Å². The first-order chi connectivity index (χ1) is 5.95. The summed E-state index contributed by atoms with van der Waals surface area (Å²) in [6.45, 7) is 3.70. The van der Waals surface area contributed by atoms with Gasteiger partial charge >= 0.3 is 0 Å². The zero-order chi connectivity index (χ0) is 10.2. The molecule has 0 unspecified atom stereocenters. The molecule has 0 spiro atoms. The van der Waals surface area contributed by atoms with Crippen LogP contribution in [0.3, 0.4) is 0 Å². The molecule has 0 heterocycles. The number of anilines is 1. The molecule has 1 aromatic rings. The largest absolute Gasteiger partial charge is 0.396 e. The quantitative estimate of drug-likeness (QED) is 0.623. The third kappa shape index (κ3) is 1.70. The van der Waals surface area contributed by atoms with E-state index in [1.165, 1.54) is 0 Å². The monoisotopic (exact) mass is 157 g/mol. The summed E-state index contributed by atoms with van der Waals surface area (Å²) in [7, 11) is 0. The van der Waals surface area contributed by atoms with Crippen molar-refractivity contribution in [2.24, 2.45) is 0 Å². The Morgan fingerprint density at radius 1 is 1.64 bits per heavy atom. The Hall–Kier alpha value is -1.05. The van der Waals surface area contributed by atoms with Gasteiger partial charge in [0.1, 0.15) is 5.82 Å². The Balaban J connectivity index is 3.44. The number of hydrogen-bond donors (Lipinski definition) is 1. The minimum Gasteiger partial charge on any atom is -0.396 e. The molecule has 1 aromatic carbocycles. The number of halogens is 1. The number of nitrogens with two attached hydrogens (primary N) is 1. The lowest BCUT2D eigenvalue weighted by Crippen LogP contribution is -1.94. The minimum absolute atomic E-state index is 0.0166. The van der Waals surface area contributed by atoms with Crippen LogP contribution in [-0.4, -0.2) is 0 Å². The summed E-state index contributed by atoms with van der Waals surface area (Å²) in [5.74, 6) is -0.665. The van der Waals surface area contributed by atoms with Gasteiger partial charge in [0.15, 0.2) is 0 Å². The van der Waals surface area contributed by atoms with Crippen molar-refractivity contribution in [2.45, 2.75) is 19.8 Å². The number of hydrogen-bond acceptors (Lipinski definition) is 1. The van der Waals surface area contributed by atoms with Crippen molar-refractivity contribution >= 4 is 5.69 Å². The van der Waals surface area contributed by atoms with Gasteiger partial charge in [-0.15, -0.1) is 0 Å². The van der Waals surface area contributed by atoms with Crippen molar-refractivity contribution in [3.05, 3.63) is 29.5 Å². The van der Waals surface area contributed by atoms with E-state index >= 15 is 0 Å². The van der Waals surface area contributed by atoms with Crippen molar-refractivity contribution in [1.29, 1.82) is 0 Å². The molecule has 0 saturated heterocycles. The van der Waals surface area contributed by atoms with Gasteiger partial charge in [-0.25, -0.2) is 4.39 Å². The van der Waals surface area contributed by atoms with E-state index in [-0.39, 0.29) is 23.7 Å². The van der Waals surface area contributed by atoms with Crippen LogP contribution in [0.15, 0.2) is 18.2 Å². The molecule has 0 aliphatic rings. The summed E-state index contributed by atoms with van der Waals surface area (Å²) in [6.07, 6.45) is 0. The highest BCUT2D eigenvalue weighted by Gasteiger charge is 2.01. The molecule has 0 atom stereocenters. The van der Waals surface area contributed by atoms with Gasteiger partial charge in [0, 0.05) is 0 Å². The van der Waals surface area contributed by atoms with E-state index in [2.05, 4.69) is 0 Å². The second kappa shape index (κ2) is 2.91. The second-order valence-electron chi connectivity index (χ2n) is 2.74. The summed E-state index contributed by atoms with van der Waals surface area (Å²) in [4.78, 5) is 0. The molecule has 60 valence electrons.